The van der Waals surface area contributed by atoms with Gasteiger partial charge in [-0.25, -0.2) is 0 Å². The first kappa shape index (κ1) is 10.6. The molecule has 1 N–H and O–H groups in total. The molecule has 1 aromatic carbocycles. The van der Waals surface area contributed by atoms with E-state index in [1.807, 2.05) is 6.07 Å². The first-order valence-electron chi connectivity index (χ1n) is 7.29. The summed E-state index contributed by atoms with van der Waals surface area (Å²) in [6.07, 6.45) is 10.1. The number of hydrogen-bond acceptors (Lipinski definition) is 1. The molecule has 2 heterocycles. The van der Waals surface area contributed by atoms with Crippen LogP contribution >= 0.6 is 0 Å². The second-order valence-electron chi connectivity index (χ2n) is 5.79. The number of para-hydroxylation sites is 1. The summed E-state index contributed by atoms with van der Waals surface area (Å²) in [5.41, 5.74) is 6.86. The van der Waals surface area contributed by atoms with E-state index < -0.39 is 0 Å². The third kappa shape index (κ3) is 1.29. The Morgan fingerprint density at radius 3 is 3.15 bits per heavy atom. The molecule has 1 atom stereocenters. The van der Waals surface area contributed by atoms with Crippen LogP contribution in [0.3, 0.4) is 0 Å². The number of aromatic nitrogens is 1. The Bertz CT molecular complexity index is 779. The molecule has 2 heteroatoms. The summed E-state index contributed by atoms with van der Waals surface area (Å²) in [7, 11) is 0. The molecule has 0 amide bonds. The van der Waals surface area contributed by atoms with Gasteiger partial charge < -0.3 is 9.72 Å². The van der Waals surface area contributed by atoms with Gasteiger partial charge in [-0.3, -0.25) is 0 Å². The lowest BCUT2D eigenvalue weighted by Gasteiger charge is -2.17. The number of H-pyrrole nitrogens is 1. The van der Waals surface area contributed by atoms with E-state index in [9.17, 15) is 0 Å². The van der Waals surface area contributed by atoms with Gasteiger partial charge in [0, 0.05) is 23.0 Å². The summed E-state index contributed by atoms with van der Waals surface area (Å²) < 4.78 is 6.02. The van der Waals surface area contributed by atoms with Gasteiger partial charge >= 0.3 is 0 Å². The van der Waals surface area contributed by atoms with Gasteiger partial charge in [-0.1, -0.05) is 30.4 Å². The van der Waals surface area contributed by atoms with Crippen LogP contribution in [0, 0.1) is 0 Å². The highest BCUT2D eigenvalue weighted by molar-refractivity contribution is 5.71. The summed E-state index contributed by atoms with van der Waals surface area (Å²) in [6.45, 7) is 0. The Morgan fingerprint density at radius 1 is 1.20 bits per heavy atom. The van der Waals surface area contributed by atoms with Gasteiger partial charge in [-0.15, -0.1) is 0 Å². The van der Waals surface area contributed by atoms with Gasteiger partial charge in [-0.2, -0.15) is 0 Å². The molecule has 0 saturated heterocycles. The molecule has 0 spiro atoms. The van der Waals surface area contributed by atoms with Crippen LogP contribution in [0.4, 0.5) is 0 Å². The van der Waals surface area contributed by atoms with Crippen LogP contribution in [-0.4, -0.2) is 4.98 Å². The molecule has 2 aromatic rings. The van der Waals surface area contributed by atoms with Crippen molar-refractivity contribution in [2.75, 3.05) is 0 Å². The van der Waals surface area contributed by atoms with Gasteiger partial charge in [0.2, 0.25) is 0 Å². The van der Waals surface area contributed by atoms with Crippen molar-refractivity contribution >= 4 is 12.2 Å². The van der Waals surface area contributed by atoms with Crippen LogP contribution < -0.4 is 4.74 Å². The predicted molar refractivity (Wildman–Crippen MR) is 79.6 cm³/mol. The van der Waals surface area contributed by atoms with Crippen molar-refractivity contribution in [2.24, 2.45) is 0 Å². The molecule has 2 nitrogen and oxygen atoms in total. The largest absolute Gasteiger partial charge is 0.461 e. The molecule has 0 saturated carbocycles. The number of aryl methyl sites for hydroxylation is 1. The monoisotopic (exact) mass is 261 g/mol. The summed E-state index contributed by atoms with van der Waals surface area (Å²) >= 11 is 0. The topological polar surface area (TPSA) is 25.0 Å². The number of benzene rings is 1. The predicted octanol–water partition coefficient (Wildman–Crippen LogP) is 4.05. The summed E-state index contributed by atoms with van der Waals surface area (Å²) in [5, 5.41) is 0. The van der Waals surface area contributed by atoms with E-state index in [-0.39, 0.29) is 0 Å². The van der Waals surface area contributed by atoms with Gasteiger partial charge in [0.15, 0.2) is 0 Å². The lowest BCUT2D eigenvalue weighted by molar-refractivity contribution is 0.429. The quantitative estimate of drug-likeness (QED) is 0.760. The number of nitrogens with one attached hydrogen (secondary N) is 1. The van der Waals surface area contributed by atoms with Gasteiger partial charge in [-0.05, 0) is 36.5 Å². The number of rotatable bonds is 0. The van der Waals surface area contributed by atoms with E-state index in [0.717, 1.165) is 30.8 Å². The smallest absolute Gasteiger partial charge is 0.130 e. The molecule has 3 aliphatic rings. The molecule has 1 unspecified atom stereocenters. The van der Waals surface area contributed by atoms with Gasteiger partial charge in [0.1, 0.15) is 11.5 Å². The van der Waals surface area contributed by atoms with Crippen LogP contribution in [0.15, 0.2) is 36.1 Å². The number of aromatic amines is 1. The third-order valence-electron chi connectivity index (χ3n) is 4.67. The van der Waals surface area contributed by atoms with Crippen LogP contribution in [0.2, 0.25) is 0 Å². The molecular formula is C18H15NO. The van der Waals surface area contributed by atoms with Crippen molar-refractivity contribution in [1.29, 1.82) is 0 Å². The van der Waals surface area contributed by atoms with Crippen LogP contribution in [-0.2, 0) is 12.8 Å². The SMILES string of the molecule is C1=Cc2c([nH]c3c2CC2C(=C3)Oc3ccccc32)CC1. The summed E-state index contributed by atoms with van der Waals surface area (Å²) in [6, 6.07) is 8.41. The van der Waals surface area contributed by atoms with Crippen molar-refractivity contribution < 1.29 is 4.74 Å². The minimum absolute atomic E-state index is 0.397. The van der Waals surface area contributed by atoms with Crippen molar-refractivity contribution in [3.05, 3.63) is 64.2 Å². The number of allylic oxidation sites excluding steroid dienone is 2. The van der Waals surface area contributed by atoms with Crippen molar-refractivity contribution in [2.45, 2.75) is 25.2 Å². The second kappa shape index (κ2) is 3.66. The zero-order chi connectivity index (χ0) is 13.1. The Morgan fingerprint density at radius 2 is 2.15 bits per heavy atom. The van der Waals surface area contributed by atoms with E-state index in [4.69, 9.17) is 4.74 Å². The Labute approximate surface area is 117 Å². The zero-order valence-electron chi connectivity index (χ0n) is 11.1. The van der Waals surface area contributed by atoms with Gasteiger partial charge in [0.05, 0.1) is 5.92 Å². The van der Waals surface area contributed by atoms with Crippen LogP contribution in [0.25, 0.3) is 12.2 Å². The Balaban J connectivity index is 1.67. The fourth-order valence-corrected chi connectivity index (χ4v) is 3.70. The van der Waals surface area contributed by atoms with Gasteiger partial charge in [0.25, 0.3) is 0 Å². The molecular weight excluding hydrogens is 246 g/mol. The van der Waals surface area contributed by atoms with E-state index in [1.54, 1.807) is 0 Å². The molecule has 0 bridgehead atoms. The minimum Gasteiger partial charge on any atom is -0.461 e. The fourth-order valence-electron chi connectivity index (χ4n) is 3.70. The number of hydrogen-bond donors (Lipinski definition) is 1. The van der Waals surface area contributed by atoms with E-state index >= 15 is 0 Å². The standard InChI is InChI=1S/C18H15NO/c1-3-7-15-11(5-1)13-9-14-12-6-2-4-8-17(12)20-18(14)10-16(13)19-15/h1-2,4-6,8,10,14,19H,3,7,9H2. The average Bonchev–Trinajstić information content (AvgIpc) is 3.02. The molecule has 98 valence electrons. The maximum absolute atomic E-state index is 6.02. The van der Waals surface area contributed by atoms with Crippen LogP contribution in [0.5, 0.6) is 5.75 Å². The first-order valence-corrected chi connectivity index (χ1v) is 7.29. The Kier molecular flexibility index (Phi) is 1.93. The average molecular weight is 261 g/mol. The van der Waals surface area contributed by atoms with E-state index in [0.29, 0.717) is 5.92 Å². The maximum atomic E-state index is 6.02. The highest BCUT2D eigenvalue weighted by Gasteiger charge is 2.34. The first-order chi connectivity index (χ1) is 9.90. The van der Waals surface area contributed by atoms with Crippen LogP contribution in [0.1, 0.15) is 40.4 Å². The molecule has 5 rings (SSSR count). The van der Waals surface area contributed by atoms with E-state index in [1.165, 1.54) is 28.1 Å². The molecule has 20 heavy (non-hydrogen) atoms. The highest BCUT2D eigenvalue weighted by Crippen LogP contribution is 2.47. The lowest BCUT2D eigenvalue weighted by atomic mass is 9.85. The molecule has 0 radical (unpaired) electrons. The minimum atomic E-state index is 0.397. The number of fused-ring (bicyclic) bond motifs is 6. The van der Waals surface area contributed by atoms with Crippen molar-refractivity contribution in [3.63, 3.8) is 0 Å². The summed E-state index contributed by atoms with van der Waals surface area (Å²) in [4.78, 5) is 3.59. The zero-order valence-corrected chi connectivity index (χ0v) is 11.1. The fraction of sp³-hybridized carbons (Fsp3) is 0.222. The lowest BCUT2D eigenvalue weighted by Crippen LogP contribution is -2.09. The second-order valence-corrected chi connectivity index (χ2v) is 5.79. The Hall–Kier alpha value is -2.22. The van der Waals surface area contributed by atoms with E-state index in [2.05, 4.69) is 41.4 Å². The normalized spacial score (nSPS) is 21.4. The van der Waals surface area contributed by atoms with Crippen molar-refractivity contribution in [1.82, 2.24) is 4.98 Å². The third-order valence-corrected chi connectivity index (χ3v) is 4.67. The highest BCUT2D eigenvalue weighted by atomic mass is 16.5. The van der Waals surface area contributed by atoms with Crippen molar-refractivity contribution in [3.8, 4) is 5.75 Å². The molecule has 1 aliphatic heterocycles. The summed E-state index contributed by atoms with van der Waals surface area (Å²) in [5.74, 6) is 2.52. The number of ether oxygens (including phenoxy) is 1. The molecule has 1 aromatic heterocycles. The molecule has 0 fully saturated rings. The maximum Gasteiger partial charge on any atom is 0.130 e. The molecule has 2 aliphatic carbocycles.